The largest absolute Gasteiger partial charge is 0.483 e. The van der Waals surface area contributed by atoms with Crippen molar-refractivity contribution >= 4 is 23.3 Å². The first kappa shape index (κ1) is 19.4. The molecule has 0 unspecified atom stereocenters. The molecule has 1 aromatic heterocycles. The van der Waals surface area contributed by atoms with Crippen molar-refractivity contribution in [3.63, 3.8) is 0 Å². The molecule has 2 fully saturated rings. The molecule has 4 atom stereocenters. The second-order valence-corrected chi connectivity index (χ2v) is 7.58. The number of hydrogen-bond acceptors (Lipinski definition) is 5. The highest BCUT2D eigenvalue weighted by Crippen LogP contribution is 2.38. The molecule has 7 heteroatoms. The van der Waals surface area contributed by atoms with E-state index in [-0.39, 0.29) is 24.5 Å². The Hall–Kier alpha value is -2.38. The van der Waals surface area contributed by atoms with Gasteiger partial charge in [0.25, 0.3) is 12.4 Å². The van der Waals surface area contributed by atoms with Gasteiger partial charge in [-0.25, -0.2) is 0 Å². The van der Waals surface area contributed by atoms with Gasteiger partial charge in [-0.15, -0.1) is 0 Å². The molecule has 2 heterocycles. The average Bonchev–Trinajstić information content (AvgIpc) is 3.26. The molecule has 2 N–H and O–H groups in total. The summed E-state index contributed by atoms with van der Waals surface area (Å²) in [6, 6.07) is 7.68. The molecule has 1 aliphatic heterocycles. The Morgan fingerprint density at radius 2 is 1.89 bits per heavy atom. The lowest BCUT2D eigenvalue weighted by Crippen LogP contribution is -2.46. The summed E-state index contributed by atoms with van der Waals surface area (Å²) in [6.45, 7) is 1.30. The Morgan fingerprint density at radius 3 is 2.56 bits per heavy atom. The van der Waals surface area contributed by atoms with Crippen LogP contribution in [0.4, 0.5) is 0 Å². The average molecular weight is 374 g/mol. The Labute approximate surface area is 158 Å². The smallest absolute Gasteiger partial charge is 0.290 e. The number of rotatable bonds is 2. The third-order valence-corrected chi connectivity index (χ3v) is 5.76. The molecule has 2 aliphatic rings. The van der Waals surface area contributed by atoms with Gasteiger partial charge in [0.15, 0.2) is 0 Å². The molecule has 4 rings (SSSR count). The number of fused-ring (bicyclic) bond motifs is 2. The van der Waals surface area contributed by atoms with Crippen LogP contribution in [0.3, 0.4) is 0 Å². The monoisotopic (exact) mass is 374 g/mol. The molecule has 1 amide bonds. The fourth-order valence-electron chi connectivity index (χ4n) is 4.41. The zero-order valence-electron chi connectivity index (χ0n) is 15.6. The van der Waals surface area contributed by atoms with Crippen molar-refractivity contribution in [3.8, 4) is 0 Å². The summed E-state index contributed by atoms with van der Waals surface area (Å²) in [4.78, 5) is 25.3. The van der Waals surface area contributed by atoms with Crippen molar-refractivity contribution in [2.45, 2.75) is 25.0 Å². The number of likely N-dealkylation sites (N-methyl/N-ethyl adjacent to an activating group) is 1. The maximum atomic E-state index is 12.9. The van der Waals surface area contributed by atoms with Gasteiger partial charge in [0, 0.05) is 30.1 Å². The van der Waals surface area contributed by atoms with Gasteiger partial charge in [-0.3, -0.25) is 9.59 Å². The van der Waals surface area contributed by atoms with E-state index < -0.39 is 0 Å². The summed E-state index contributed by atoms with van der Waals surface area (Å²) in [5, 5.41) is 18.2. The second-order valence-electron chi connectivity index (χ2n) is 7.58. The number of carboxylic acid groups (broad SMARTS) is 1. The Bertz CT molecular complexity index is 803. The van der Waals surface area contributed by atoms with Crippen LogP contribution in [0.15, 0.2) is 34.9 Å². The zero-order valence-corrected chi connectivity index (χ0v) is 15.6. The Kier molecular flexibility index (Phi) is 5.82. The highest BCUT2D eigenvalue weighted by Gasteiger charge is 2.43. The lowest BCUT2D eigenvalue weighted by atomic mass is 9.77. The number of furan rings is 1. The van der Waals surface area contributed by atoms with Gasteiger partial charge in [0.1, 0.15) is 5.58 Å². The van der Waals surface area contributed by atoms with Crippen LogP contribution in [-0.4, -0.2) is 71.7 Å². The van der Waals surface area contributed by atoms with Crippen LogP contribution in [0.25, 0.3) is 11.0 Å². The predicted octanol–water partition coefficient (Wildman–Crippen LogP) is 1.91. The minimum atomic E-state index is -0.293. The minimum absolute atomic E-state index is 0.0865. The first-order chi connectivity index (χ1) is 12.9. The molecule has 1 saturated carbocycles. The Balaban J connectivity index is 0.000000659. The van der Waals surface area contributed by atoms with Crippen LogP contribution in [-0.2, 0) is 4.79 Å². The molecule has 1 aliphatic carbocycles. The number of likely N-dealkylation sites (tertiary alicyclic amines) is 1. The fraction of sp³-hybridized carbons (Fsp3) is 0.500. The normalized spacial score (nSPS) is 27.2. The van der Waals surface area contributed by atoms with Crippen molar-refractivity contribution in [2.75, 3.05) is 27.2 Å². The predicted molar refractivity (Wildman–Crippen MR) is 101 cm³/mol. The number of hydrogen-bond donors (Lipinski definition) is 2. The number of aliphatic hydroxyl groups is 1. The molecule has 7 nitrogen and oxygen atoms in total. The number of amides is 1. The summed E-state index contributed by atoms with van der Waals surface area (Å²) in [7, 11) is 4.04. The van der Waals surface area contributed by atoms with Gasteiger partial charge in [-0.05, 0) is 63.0 Å². The van der Waals surface area contributed by atoms with Crippen molar-refractivity contribution in [3.05, 3.63) is 36.1 Å². The van der Waals surface area contributed by atoms with Crippen LogP contribution < -0.4 is 0 Å². The van der Waals surface area contributed by atoms with Crippen LogP contribution in [0.2, 0.25) is 0 Å². The second kappa shape index (κ2) is 8.10. The summed E-state index contributed by atoms with van der Waals surface area (Å²) in [5.74, 6) is 0.989. The lowest BCUT2D eigenvalue weighted by Gasteiger charge is -2.38. The molecule has 1 aromatic carbocycles. The van der Waals surface area contributed by atoms with Crippen LogP contribution >= 0.6 is 0 Å². The molecule has 2 aromatic rings. The molecule has 0 spiro atoms. The number of benzene rings is 1. The fourth-order valence-corrected chi connectivity index (χ4v) is 4.41. The van der Waals surface area contributed by atoms with Crippen LogP contribution in [0.5, 0.6) is 0 Å². The number of nitrogens with zero attached hydrogens (tertiary/aromatic N) is 2. The van der Waals surface area contributed by atoms with E-state index in [2.05, 4.69) is 4.90 Å². The third kappa shape index (κ3) is 3.99. The van der Waals surface area contributed by atoms with E-state index in [9.17, 15) is 9.90 Å². The van der Waals surface area contributed by atoms with E-state index in [0.717, 1.165) is 36.9 Å². The molecule has 0 bridgehead atoms. The zero-order chi connectivity index (χ0) is 19.6. The number of aliphatic hydroxyl groups excluding tert-OH is 1. The van der Waals surface area contributed by atoms with Gasteiger partial charge < -0.3 is 24.4 Å². The quantitative estimate of drug-likeness (QED) is 0.780. The molecule has 27 heavy (non-hydrogen) atoms. The van der Waals surface area contributed by atoms with Gasteiger partial charge in [0.2, 0.25) is 0 Å². The number of carbonyl (C=O) groups excluding carboxylic acids is 1. The van der Waals surface area contributed by atoms with E-state index in [1.807, 2.05) is 43.3 Å². The molecule has 1 saturated heterocycles. The summed E-state index contributed by atoms with van der Waals surface area (Å²) in [5.41, 5.74) is 1.52. The van der Waals surface area contributed by atoms with Gasteiger partial charge in [-0.2, -0.15) is 0 Å². The maximum Gasteiger partial charge on any atom is 0.290 e. The standard InChI is InChI=1S/C19H24N2O3.CH2O2/c1-20(2)16-8-14-10-21(11-15(14)9-17(16)22)19(23)13-3-4-18-12(7-13)5-6-24-18;2-1-3/h3-7,14-17,22H,8-11H2,1-2H3;1H,(H,2,3)/t14-,15+,16-,17-;/m1./s1. The third-order valence-electron chi connectivity index (χ3n) is 5.76. The van der Waals surface area contributed by atoms with E-state index >= 15 is 0 Å². The first-order valence-electron chi connectivity index (χ1n) is 9.13. The highest BCUT2D eigenvalue weighted by molar-refractivity contribution is 5.97. The summed E-state index contributed by atoms with van der Waals surface area (Å²) < 4.78 is 5.34. The Morgan fingerprint density at radius 1 is 1.22 bits per heavy atom. The van der Waals surface area contributed by atoms with Gasteiger partial charge >= 0.3 is 0 Å². The summed E-state index contributed by atoms with van der Waals surface area (Å²) in [6.07, 6.45) is 3.10. The summed E-state index contributed by atoms with van der Waals surface area (Å²) >= 11 is 0. The van der Waals surface area contributed by atoms with Crippen LogP contribution in [0, 0.1) is 11.8 Å². The number of carbonyl (C=O) groups is 2. The van der Waals surface area contributed by atoms with Crippen LogP contribution in [0.1, 0.15) is 23.2 Å². The van der Waals surface area contributed by atoms with E-state index in [1.165, 1.54) is 0 Å². The van der Waals surface area contributed by atoms with Gasteiger partial charge in [0.05, 0.1) is 12.4 Å². The lowest BCUT2D eigenvalue weighted by molar-refractivity contribution is -0.122. The SMILES string of the molecule is CN(C)[C@@H]1C[C@@H]2CN(C(=O)c3ccc4occc4c3)C[C@@H]2C[C@H]1O.O=CO. The van der Waals surface area contributed by atoms with E-state index in [0.29, 0.717) is 17.4 Å². The van der Waals surface area contributed by atoms with Crippen molar-refractivity contribution < 1.29 is 24.2 Å². The highest BCUT2D eigenvalue weighted by atomic mass is 16.3. The van der Waals surface area contributed by atoms with Gasteiger partial charge in [-0.1, -0.05) is 0 Å². The molecular formula is C20H26N2O5. The topological polar surface area (TPSA) is 94.2 Å². The maximum absolute atomic E-state index is 12.9. The first-order valence-corrected chi connectivity index (χ1v) is 9.13. The molecule has 146 valence electrons. The van der Waals surface area contributed by atoms with E-state index in [1.54, 1.807) is 6.26 Å². The minimum Gasteiger partial charge on any atom is -0.483 e. The molecule has 0 radical (unpaired) electrons. The molecular weight excluding hydrogens is 348 g/mol. The van der Waals surface area contributed by atoms with Crippen molar-refractivity contribution in [1.82, 2.24) is 9.80 Å². The van der Waals surface area contributed by atoms with Crippen molar-refractivity contribution in [1.29, 1.82) is 0 Å². The van der Waals surface area contributed by atoms with E-state index in [4.69, 9.17) is 14.3 Å². The van der Waals surface area contributed by atoms with Crippen molar-refractivity contribution in [2.24, 2.45) is 11.8 Å².